The zero-order valence-corrected chi connectivity index (χ0v) is 14.1. The average molecular weight is 353 g/mol. The highest BCUT2D eigenvalue weighted by molar-refractivity contribution is 5.57. The third-order valence-corrected chi connectivity index (χ3v) is 3.89. The molecule has 0 spiro atoms. The van der Waals surface area contributed by atoms with Crippen LogP contribution in [0, 0.1) is 0 Å². The first-order valence-electron chi connectivity index (χ1n) is 7.57. The molecule has 0 saturated heterocycles. The first kappa shape index (κ1) is 17.1. The van der Waals surface area contributed by atoms with E-state index in [1.54, 1.807) is 30.3 Å². The Balaban J connectivity index is 2.40. The molecular weight excluding hydrogens is 338 g/mol. The van der Waals surface area contributed by atoms with E-state index in [0.717, 1.165) is 13.9 Å². The molecule has 26 heavy (non-hydrogen) atoms. The molecule has 3 aromatic rings. The topological polar surface area (TPSA) is 112 Å². The Morgan fingerprint density at radius 2 is 1.85 bits per heavy atom. The molecule has 0 amide bonds. The smallest absolute Gasteiger partial charge is 0.302 e. The van der Waals surface area contributed by atoms with E-state index in [2.05, 4.69) is 16.8 Å². The summed E-state index contributed by atoms with van der Waals surface area (Å²) in [6, 6.07) is 6.62. The Hall–Kier alpha value is -3.75. The van der Waals surface area contributed by atoms with Crippen LogP contribution in [0.5, 0.6) is 0 Å². The number of benzene rings is 1. The minimum Gasteiger partial charge on any atom is -0.302 e. The molecule has 9 nitrogen and oxygen atoms in total. The van der Waals surface area contributed by atoms with Gasteiger partial charge in [-0.15, -0.1) is 0 Å². The summed E-state index contributed by atoms with van der Waals surface area (Å²) in [5.41, 5.74) is -2.69. The van der Waals surface area contributed by atoms with Crippen molar-refractivity contribution in [3.8, 4) is 16.9 Å². The standard InChI is InChI=1S/C17H15N5O4/c1-4-10-6-5-7-11(8-10)22-15(24)13(19-21(3)17(22)26)12-9-18-20(2)16(25)14(12)23/h4-9,18H,1H2,2-3H3. The molecule has 1 aromatic carbocycles. The van der Waals surface area contributed by atoms with E-state index in [1.165, 1.54) is 20.3 Å². The molecule has 2 heterocycles. The lowest BCUT2D eigenvalue weighted by atomic mass is 10.2. The lowest BCUT2D eigenvalue weighted by Gasteiger charge is -2.10. The molecule has 3 rings (SSSR count). The summed E-state index contributed by atoms with van der Waals surface area (Å²) in [6.07, 6.45) is 2.79. The summed E-state index contributed by atoms with van der Waals surface area (Å²) < 4.78 is 2.82. The van der Waals surface area contributed by atoms with Crippen LogP contribution < -0.4 is 22.2 Å². The fourth-order valence-corrected chi connectivity index (χ4v) is 2.49. The quantitative estimate of drug-likeness (QED) is 0.646. The van der Waals surface area contributed by atoms with Crippen LogP contribution in [-0.4, -0.2) is 24.1 Å². The van der Waals surface area contributed by atoms with Gasteiger partial charge in [0.15, 0.2) is 5.69 Å². The normalized spacial score (nSPS) is 10.7. The number of hydrogen-bond donors (Lipinski definition) is 1. The van der Waals surface area contributed by atoms with Crippen molar-refractivity contribution in [1.29, 1.82) is 0 Å². The highest BCUT2D eigenvalue weighted by Crippen LogP contribution is 2.10. The molecule has 0 aliphatic carbocycles. The molecule has 1 N–H and O–H groups in total. The van der Waals surface area contributed by atoms with Crippen molar-refractivity contribution >= 4 is 6.08 Å². The maximum absolute atomic E-state index is 12.9. The largest absolute Gasteiger partial charge is 0.351 e. The number of aryl methyl sites for hydroxylation is 2. The highest BCUT2D eigenvalue weighted by Gasteiger charge is 2.18. The molecule has 0 bridgehead atoms. The van der Waals surface area contributed by atoms with E-state index in [0.29, 0.717) is 11.3 Å². The summed E-state index contributed by atoms with van der Waals surface area (Å²) >= 11 is 0. The molecule has 0 saturated carbocycles. The van der Waals surface area contributed by atoms with Crippen molar-refractivity contribution in [3.05, 3.63) is 84.0 Å². The Morgan fingerprint density at radius 1 is 1.12 bits per heavy atom. The predicted octanol–water partition coefficient (Wildman–Crippen LogP) is -0.372. The van der Waals surface area contributed by atoms with E-state index in [4.69, 9.17) is 0 Å². The Bertz CT molecular complexity index is 1260. The number of aromatic nitrogens is 5. The second-order valence-corrected chi connectivity index (χ2v) is 5.57. The van der Waals surface area contributed by atoms with Crippen molar-refractivity contribution < 1.29 is 0 Å². The lowest BCUT2D eigenvalue weighted by Crippen LogP contribution is -2.42. The monoisotopic (exact) mass is 353 g/mol. The third-order valence-electron chi connectivity index (χ3n) is 3.89. The van der Waals surface area contributed by atoms with Gasteiger partial charge in [0.25, 0.3) is 11.0 Å². The molecule has 0 aliphatic heterocycles. The SMILES string of the molecule is C=Cc1cccc(-n2c(=O)c(-c3c[nH]n(C)c(=O)c3=O)nn(C)c2=O)c1. The number of aromatic amines is 1. The van der Waals surface area contributed by atoms with Gasteiger partial charge in [-0.1, -0.05) is 24.8 Å². The molecular formula is C17H15N5O4. The summed E-state index contributed by atoms with van der Waals surface area (Å²) in [7, 11) is 2.73. The van der Waals surface area contributed by atoms with Crippen molar-refractivity contribution in [2.75, 3.05) is 0 Å². The van der Waals surface area contributed by atoms with Crippen molar-refractivity contribution in [2.45, 2.75) is 0 Å². The zero-order valence-electron chi connectivity index (χ0n) is 14.1. The second kappa shape index (κ2) is 6.28. The van der Waals surface area contributed by atoms with Crippen molar-refractivity contribution in [2.24, 2.45) is 14.1 Å². The van der Waals surface area contributed by atoms with E-state index in [9.17, 15) is 19.2 Å². The van der Waals surface area contributed by atoms with E-state index < -0.39 is 22.2 Å². The maximum atomic E-state index is 12.9. The number of H-pyrrole nitrogens is 1. The lowest BCUT2D eigenvalue weighted by molar-refractivity contribution is 0.634. The van der Waals surface area contributed by atoms with Crippen LogP contribution in [0.1, 0.15) is 5.56 Å². The van der Waals surface area contributed by atoms with Crippen LogP contribution in [0.15, 0.2) is 56.2 Å². The van der Waals surface area contributed by atoms with Gasteiger partial charge in [-0.3, -0.25) is 19.1 Å². The van der Waals surface area contributed by atoms with Crippen LogP contribution in [0.2, 0.25) is 0 Å². The molecule has 0 unspecified atom stereocenters. The third kappa shape index (κ3) is 2.65. The zero-order chi connectivity index (χ0) is 19.0. The molecule has 0 aliphatic rings. The number of rotatable bonds is 3. The summed E-state index contributed by atoms with van der Waals surface area (Å²) in [5.74, 6) is 0. The van der Waals surface area contributed by atoms with E-state index in [-0.39, 0.29) is 11.3 Å². The van der Waals surface area contributed by atoms with Crippen LogP contribution in [0.4, 0.5) is 0 Å². The van der Waals surface area contributed by atoms with Crippen molar-refractivity contribution in [1.82, 2.24) is 24.1 Å². The number of nitrogens with zero attached hydrogens (tertiary/aromatic N) is 4. The van der Waals surface area contributed by atoms with Gasteiger partial charge in [0.2, 0.25) is 0 Å². The van der Waals surface area contributed by atoms with Gasteiger partial charge in [0, 0.05) is 20.3 Å². The molecule has 0 atom stereocenters. The van der Waals surface area contributed by atoms with Crippen LogP contribution in [0.25, 0.3) is 23.0 Å². The molecule has 9 heteroatoms. The fraction of sp³-hybridized carbons (Fsp3) is 0.118. The van der Waals surface area contributed by atoms with Crippen LogP contribution >= 0.6 is 0 Å². The first-order chi connectivity index (χ1) is 12.3. The number of nitrogens with one attached hydrogen (secondary N) is 1. The van der Waals surface area contributed by atoms with E-state index in [1.807, 2.05) is 0 Å². The van der Waals surface area contributed by atoms with Crippen molar-refractivity contribution in [3.63, 3.8) is 0 Å². The van der Waals surface area contributed by atoms with Gasteiger partial charge < -0.3 is 5.10 Å². The summed E-state index contributed by atoms with van der Waals surface area (Å²) in [5, 5.41) is 6.45. The average Bonchev–Trinajstić information content (AvgIpc) is 2.64. The minimum atomic E-state index is -0.888. The van der Waals surface area contributed by atoms with Crippen LogP contribution in [0.3, 0.4) is 0 Å². The predicted molar refractivity (Wildman–Crippen MR) is 96.5 cm³/mol. The van der Waals surface area contributed by atoms with Crippen LogP contribution in [-0.2, 0) is 14.1 Å². The Labute approximate surface area is 146 Å². The Morgan fingerprint density at radius 3 is 2.54 bits per heavy atom. The van der Waals surface area contributed by atoms with Gasteiger partial charge >= 0.3 is 11.2 Å². The van der Waals surface area contributed by atoms with Gasteiger partial charge in [-0.25, -0.2) is 14.0 Å². The maximum Gasteiger partial charge on any atom is 0.351 e. The van der Waals surface area contributed by atoms with E-state index >= 15 is 0 Å². The summed E-state index contributed by atoms with van der Waals surface area (Å²) in [6.45, 7) is 3.66. The highest BCUT2D eigenvalue weighted by atomic mass is 16.2. The Kier molecular flexibility index (Phi) is 4.13. The fourth-order valence-electron chi connectivity index (χ4n) is 2.49. The summed E-state index contributed by atoms with van der Waals surface area (Å²) in [4.78, 5) is 49.5. The molecule has 0 fully saturated rings. The van der Waals surface area contributed by atoms with Gasteiger partial charge in [-0.05, 0) is 17.7 Å². The van der Waals surface area contributed by atoms with Gasteiger partial charge in [0.1, 0.15) is 0 Å². The van der Waals surface area contributed by atoms with Gasteiger partial charge in [0.05, 0.1) is 11.3 Å². The molecule has 0 radical (unpaired) electrons. The molecule has 132 valence electrons. The van der Waals surface area contributed by atoms with Gasteiger partial charge in [-0.2, -0.15) is 5.10 Å². The second-order valence-electron chi connectivity index (χ2n) is 5.57. The minimum absolute atomic E-state index is 0.206. The number of hydrogen-bond acceptors (Lipinski definition) is 5. The molecule has 2 aromatic heterocycles. The first-order valence-corrected chi connectivity index (χ1v) is 7.57.